The molecule has 10 heteroatoms. The Balaban J connectivity index is 1.50. The predicted octanol–water partition coefficient (Wildman–Crippen LogP) is 1.04. The van der Waals surface area contributed by atoms with E-state index in [1.165, 1.54) is 10.7 Å². The predicted molar refractivity (Wildman–Crippen MR) is 98.7 cm³/mol. The van der Waals surface area contributed by atoms with Crippen LogP contribution in [0.25, 0.3) is 0 Å². The summed E-state index contributed by atoms with van der Waals surface area (Å²) in [7, 11) is -3.72. The number of anilines is 1. The van der Waals surface area contributed by atoms with Crippen LogP contribution in [0.4, 0.5) is 5.69 Å². The summed E-state index contributed by atoms with van der Waals surface area (Å²) in [5.41, 5.74) is 1.29. The highest BCUT2D eigenvalue weighted by molar-refractivity contribution is 7.90. The van der Waals surface area contributed by atoms with E-state index in [-0.39, 0.29) is 23.3 Å². The molecule has 1 aromatic heterocycles. The van der Waals surface area contributed by atoms with Crippen molar-refractivity contribution in [3.8, 4) is 0 Å². The Kier molecular flexibility index (Phi) is 4.42. The first-order valence-corrected chi connectivity index (χ1v) is 10.2. The van der Waals surface area contributed by atoms with E-state index in [4.69, 9.17) is 0 Å². The topological polar surface area (TPSA) is 110 Å². The number of amidine groups is 1. The van der Waals surface area contributed by atoms with E-state index >= 15 is 0 Å². The van der Waals surface area contributed by atoms with E-state index in [1.54, 1.807) is 29.3 Å². The number of nitrogens with zero attached hydrogens (tertiary/aromatic N) is 5. The van der Waals surface area contributed by atoms with Gasteiger partial charge >= 0.3 is 0 Å². The van der Waals surface area contributed by atoms with Crippen LogP contribution in [0.2, 0.25) is 0 Å². The van der Waals surface area contributed by atoms with Crippen molar-refractivity contribution in [3.63, 3.8) is 0 Å². The number of rotatable bonds is 3. The minimum absolute atomic E-state index is 0.0655. The molecule has 0 saturated carbocycles. The first-order valence-electron chi connectivity index (χ1n) is 8.78. The smallest absolute Gasteiger partial charge is 0.286 e. The number of aromatic nitrogens is 3. The molecule has 3 heterocycles. The Labute approximate surface area is 157 Å². The van der Waals surface area contributed by atoms with Crippen LogP contribution in [0.1, 0.15) is 18.5 Å². The van der Waals surface area contributed by atoms with Gasteiger partial charge in [0.1, 0.15) is 17.3 Å². The van der Waals surface area contributed by atoms with Crippen LogP contribution in [0.3, 0.4) is 0 Å². The van der Waals surface area contributed by atoms with Gasteiger partial charge < -0.3 is 10.2 Å². The standard InChI is InChI=1S/C17H20N6O3S/c1-12-9-23(21-19-12)11-16(24)22-8-4-5-13(10-22)17-18-14-6-2-3-7-15(14)27(25,26)20-17/h2-3,6-7,9,13H,4-5,8,10-11H2,1H3,(H,18,20). The number of fused-ring (bicyclic) bond motifs is 1. The molecular weight excluding hydrogens is 368 g/mol. The highest BCUT2D eigenvalue weighted by Gasteiger charge is 2.32. The highest BCUT2D eigenvalue weighted by Crippen LogP contribution is 2.30. The zero-order chi connectivity index (χ0) is 19.0. The van der Waals surface area contributed by atoms with Crippen LogP contribution in [-0.4, -0.2) is 53.1 Å². The number of piperidine rings is 1. The number of carbonyl (C=O) groups excluding carboxylic acids is 1. The van der Waals surface area contributed by atoms with Crippen molar-refractivity contribution in [1.82, 2.24) is 19.9 Å². The number of hydrogen-bond donors (Lipinski definition) is 1. The summed E-state index contributed by atoms with van der Waals surface area (Å²) < 4.78 is 30.4. The maximum absolute atomic E-state index is 12.6. The average molecular weight is 388 g/mol. The molecule has 0 radical (unpaired) electrons. The van der Waals surface area contributed by atoms with Crippen molar-refractivity contribution < 1.29 is 13.2 Å². The monoisotopic (exact) mass is 388 g/mol. The SMILES string of the molecule is Cc1cn(CC(=O)N2CCCC(C3=NS(=O)(=O)c4ccccc4N3)C2)nn1. The number of likely N-dealkylation sites (tertiary alicyclic amines) is 1. The van der Waals surface area contributed by atoms with Crippen LogP contribution in [0.5, 0.6) is 0 Å². The molecule has 1 aromatic carbocycles. The number of sulfonamides is 1. The minimum Gasteiger partial charge on any atom is -0.342 e. The molecule has 1 atom stereocenters. The first-order chi connectivity index (χ1) is 12.9. The second-order valence-corrected chi connectivity index (χ2v) is 8.38. The van der Waals surface area contributed by atoms with Gasteiger partial charge in [-0.3, -0.25) is 4.79 Å². The lowest BCUT2D eigenvalue weighted by Gasteiger charge is -2.34. The highest BCUT2D eigenvalue weighted by atomic mass is 32.2. The van der Waals surface area contributed by atoms with Crippen LogP contribution in [0.15, 0.2) is 39.8 Å². The van der Waals surface area contributed by atoms with Gasteiger partial charge in [0.05, 0.1) is 11.4 Å². The Morgan fingerprint density at radius 2 is 2.15 bits per heavy atom. The fourth-order valence-electron chi connectivity index (χ4n) is 3.45. The second kappa shape index (κ2) is 6.76. The van der Waals surface area contributed by atoms with Crippen LogP contribution in [-0.2, 0) is 21.4 Å². The average Bonchev–Trinajstić information content (AvgIpc) is 3.06. The molecule has 2 aliphatic rings. The number of para-hydroxylation sites is 1. The minimum atomic E-state index is -3.72. The Morgan fingerprint density at radius 1 is 1.33 bits per heavy atom. The van der Waals surface area contributed by atoms with Crippen LogP contribution in [0, 0.1) is 12.8 Å². The summed E-state index contributed by atoms with van der Waals surface area (Å²) in [6.45, 7) is 3.00. The molecule has 1 amide bonds. The van der Waals surface area contributed by atoms with Gasteiger partial charge in [0.25, 0.3) is 10.0 Å². The fraction of sp³-hybridized carbons (Fsp3) is 0.412. The third-order valence-electron chi connectivity index (χ3n) is 4.76. The fourth-order valence-corrected chi connectivity index (χ4v) is 4.65. The van der Waals surface area contributed by atoms with Crippen molar-refractivity contribution in [3.05, 3.63) is 36.2 Å². The van der Waals surface area contributed by atoms with E-state index in [9.17, 15) is 13.2 Å². The van der Waals surface area contributed by atoms with Gasteiger partial charge in [-0.05, 0) is 31.9 Å². The number of nitrogens with one attached hydrogen (secondary N) is 1. The Hall–Kier alpha value is -2.75. The normalized spacial score (nSPS) is 21.1. The largest absolute Gasteiger partial charge is 0.342 e. The first kappa shape index (κ1) is 17.7. The summed E-state index contributed by atoms with van der Waals surface area (Å²) in [5, 5.41) is 10.9. The van der Waals surface area contributed by atoms with Crippen molar-refractivity contribution >= 4 is 27.5 Å². The van der Waals surface area contributed by atoms with Crippen LogP contribution < -0.4 is 5.32 Å². The van der Waals surface area contributed by atoms with E-state index in [0.717, 1.165) is 18.5 Å². The maximum Gasteiger partial charge on any atom is 0.286 e. The number of aryl methyl sites for hydroxylation is 1. The summed E-state index contributed by atoms with van der Waals surface area (Å²) in [6.07, 6.45) is 3.28. The van der Waals surface area contributed by atoms with Gasteiger partial charge in [-0.2, -0.15) is 8.42 Å². The zero-order valence-corrected chi connectivity index (χ0v) is 15.7. The van der Waals surface area contributed by atoms with E-state index < -0.39 is 10.0 Å². The van der Waals surface area contributed by atoms with Crippen molar-refractivity contribution in [2.75, 3.05) is 18.4 Å². The quantitative estimate of drug-likeness (QED) is 0.841. The second-order valence-electron chi connectivity index (χ2n) is 6.81. The molecule has 0 spiro atoms. The molecule has 1 unspecified atom stereocenters. The molecule has 4 rings (SSSR count). The number of carbonyl (C=O) groups is 1. The lowest BCUT2D eigenvalue weighted by molar-refractivity contribution is -0.133. The lowest BCUT2D eigenvalue weighted by Crippen LogP contribution is -2.45. The van der Waals surface area contributed by atoms with E-state index in [0.29, 0.717) is 24.6 Å². The Morgan fingerprint density at radius 3 is 2.93 bits per heavy atom. The molecule has 2 aliphatic heterocycles. The summed E-state index contributed by atoms with van der Waals surface area (Å²) >= 11 is 0. The third-order valence-corrected chi connectivity index (χ3v) is 6.11. The third kappa shape index (κ3) is 3.57. The molecule has 1 saturated heterocycles. The zero-order valence-electron chi connectivity index (χ0n) is 14.9. The number of benzene rings is 1. The van der Waals surface area contributed by atoms with Gasteiger partial charge in [-0.15, -0.1) is 9.50 Å². The van der Waals surface area contributed by atoms with Gasteiger partial charge in [-0.1, -0.05) is 17.3 Å². The van der Waals surface area contributed by atoms with E-state index in [2.05, 4.69) is 20.0 Å². The summed E-state index contributed by atoms with van der Waals surface area (Å²) in [5.74, 6) is 0.190. The van der Waals surface area contributed by atoms with Crippen LogP contribution >= 0.6 is 0 Å². The number of hydrogen-bond acceptors (Lipinski definition) is 6. The van der Waals surface area contributed by atoms with E-state index in [1.807, 2.05) is 6.92 Å². The molecule has 2 aromatic rings. The Bertz CT molecular complexity index is 1010. The van der Waals surface area contributed by atoms with Gasteiger partial charge in [0.2, 0.25) is 5.91 Å². The molecule has 0 bridgehead atoms. The molecule has 142 valence electrons. The summed E-state index contributed by atoms with van der Waals surface area (Å²) in [4.78, 5) is 14.5. The van der Waals surface area contributed by atoms with Crippen molar-refractivity contribution in [2.24, 2.45) is 10.3 Å². The van der Waals surface area contributed by atoms with Gasteiger partial charge in [0.15, 0.2) is 0 Å². The van der Waals surface area contributed by atoms with Gasteiger partial charge in [0, 0.05) is 25.2 Å². The molecule has 0 aliphatic carbocycles. The van der Waals surface area contributed by atoms with Gasteiger partial charge in [-0.25, -0.2) is 4.68 Å². The molecule has 1 N–H and O–H groups in total. The molecule has 9 nitrogen and oxygen atoms in total. The lowest BCUT2D eigenvalue weighted by atomic mass is 9.96. The molecule has 1 fully saturated rings. The summed E-state index contributed by atoms with van der Waals surface area (Å²) in [6, 6.07) is 6.71. The van der Waals surface area contributed by atoms with Crippen molar-refractivity contribution in [1.29, 1.82) is 0 Å². The maximum atomic E-state index is 12.6. The molecular formula is C17H20N6O3S. The molecule has 27 heavy (non-hydrogen) atoms. The van der Waals surface area contributed by atoms with Crippen molar-refractivity contribution in [2.45, 2.75) is 31.2 Å². The number of amides is 1.